The Balaban J connectivity index is 0.000000556. The number of nitrogens with zero attached hydrogens (tertiary/aromatic N) is 3. The fraction of sp³-hybridized carbons (Fsp3) is 0.296. The molecule has 2 heterocycles. The van der Waals surface area contributed by atoms with Crippen molar-refractivity contribution in [1.29, 1.82) is 0 Å². The van der Waals surface area contributed by atoms with Gasteiger partial charge in [0.05, 0.1) is 34.1 Å². The molecule has 1 aromatic heterocycles. The van der Waals surface area contributed by atoms with Crippen LogP contribution in [0.4, 0.5) is 21.6 Å². The van der Waals surface area contributed by atoms with Crippen LogP contribution in [0.15, 0.2) is 48.8 Å². The number of aliphatic hydroxyl groups is 1. The number of aliphatic hydroxyl groups excluding tert-OH is 1. The summed E-state index contributed by atoms with van der Waals surface area (Å²) in [6.45, 7) is 4.08. The molecule has 9 heteroatoms. The molecule has 2 atom stereocenters. The molecule has 3 aromatic rings. The number of piperidine rings is 1. The van der Waals surface area contributed by atoms with Gasteiger partial charge < -0.3 is 20.6 Å². The second kappa shape index (κ2) is 11.0. The molecule has 2 fully saturated rings. The quantitative estimate of drug-likeness (QED) is 0.266. The Labute approximate surface area is 214 Å². The third-order valence-electron chi connectivity index (χ3n) is 6.30. The first-order chi connectivity index (χ1) is 17.4. The molecule has 0 radical (unpaired) electrons. The molecule has 1 amide bonds. The van der Waals surface area contributed by atoms with Gasteiger partial charge in [0, 0.05) is 23.9 Å². The zero-order valence-electron chi connectivity index (χ0n) is 20.1. The molecule has 1 saturated carbocycles. The molecule has 1 aliphatic carbocycles. The number of likely N-dealkylation sites (tertiary alicyclic amines) is 1. The van der Waals surface area contributed by atoms with E-state index in [-0.39, 0.29) is 22.7 Å². The lowest BCUT2D eigenvalue weighted by Gasteiger charge is -2.12. The van der Waals surface area contributed by atoms with E-state index in [0.717, 1.165) is 19.5 Å². The van der Waals surface area contributed by atoms with Gasteiger partial charge in [0.15, 0.2) is 5.82 Å². The van der Waals surface area contributed by atoms with Gasteiger partial charge in [-0.1, -0.05) is 41.7 Å². The number of aromatic nitrogens is 2. The van der Waals surface area contributed by atoms with Crippen molar-refractivity contribution in [3.05, 3.63) is 65.2 Å². The monoisotopic (exact) mass is 507 g/mol. The number of hydrogen-bond acceptors (Lipinski definition) is 6. The molecule has 1 aliphatic heterocycles. The number of nitrogens with one attached hydrogen (secondary N) is 2. The van der Waals surface area contributed by atoms with E-state index in [0.29, 0.717) is 40.3 Å². The maximum absolute atomic E-state index is 14.3. The normalized spacial score (nSPS) is 20.2. The first kappa shape index (κ1) is 25.6. The fourth-order valence-electron chi connectivity index (χ4n) is 4.44. The zero-order chi connectivity index (χ0) is 25.7. The minimum absolute atomic E-state index is 0.0135. The number of rotatable bonds is 5. The average Bonchev–Trinajstić information content (AvgIpc) is 3.42. The summed E-state index contributed by atoms with van der Waals surface area (Å²) in [7, 11) is 2.11. The van der Waals surface area contributed by atoms with Gasteiger partial charge in [0.25, 0.3) is 0 Å². The van der Waals surface area contributed by atoms with E-state index in [1.165, 1.54) is 12.4 Å². The summed E-state index contributed by atoms with van der Waals surface area (Å²) in [4.78, 5) is 22.1. The Bertz CT molecular complexity index is 1370. The van der Waals surface area contributed by atoms with Gasteiger partial charge in [-0.2, -0.15) is 0 Å². The number of carbonyl (C=O) groups excluding carboxylic acids is 1. The molecule has 0 bridgehead atoms. The van der Waals surface area contributed by atoms with Gasteiger partial charge in [0.2, 0.25) is 6.41 Å². The fourth-order valence-corrected chi connectivity index (χ4v) is 4.62. The molecule has 1 saturated heterocycles. The van der Waals surface area contributed by atoms with Crippen LogP contribution >= 0.6 is 11.6 Å². The van der Waals surface area contributed by atoms with Gasteiger partial charge in [-0.3, -0.25) is 4.79 Å². The molecule has 7 nitrogen and oxygen atoms in total. The molecule has 36 heavy (non-hydrogen) atoms. The summed E-state index contributed by atoms with van der Waals surface area (Å²) in [6, 6.07) is 8.27. The maximum atomic E-state index is 14.3. The zero-order valence-corrected chi connectivity index (χ0v) is 20.8. The summed E-state index contributed by atoms with van der Waals surface area (Å²) in [5.74, 6) is 7.16. The van der Waals surface area contributed by atoms with E-state index >= 15 is 0 Å². The van der Waals surface area contributed by atoms with Gasteiger partial charge in [-0.05, 0) is 50.6 Å². The lowest BCUT2D eigenvalue weighted by atomic mass is 10.0. The van der Waals surface area contributed by atoms with E-state index in [1.807, 2.05) is 13.0 Å². The highest BCUT2D eigenvalue weighted by molar-refractivity contribution is 6.31. The number of hydrogen-bond donors (Lipinski definition) is 3. The largest absolute Gasteiger partial charge is 0.392 e. The van der Waals surface area contributed by atoms with E-state index in [9.17, 15) is 9.18 Å². The minimum atomic E-state index is -0.565. The van der Waals surface area contributed by atoms with Crippen LogP contribution in [0.3, 0.4) is 0 Å². The van der Waals surface area contributed by atoms with Crippen molar-refractivity contribution < 1.29 is 14.3 Å². The van der Waals surface area contributed by atoms with Crippen LogP contribution in [0.2, 0.25) is 5.02 Å². The van der Waals surface area contributed by atoms with E-state index in [1.54, 1.807) is 30.4 Å². The van der Waals surface area contributed by atoms with Crippen LogP contribution in [0.25, 0.3) is 10.9 Å². The number of amides is 1. The standard InChI is InChI=1S/C23H19ClFN5O.C4H8O/c1-30-10-15-9-23(15,11-30)6-5-14-7-20-16(8-19(14)28-13-31)22(27-12-26-20)29-18-4-2-3-17(24)21(18)25;1-2-3-4-5/h2-4,7-8,12-13,15H,9-11H2,1H3,(H,28,31)(H,26,27,29);2-3,5H,4H2,1H3/b;3-2+. The van der Waals surface area contributed by atoms with Crippen LogP contribution in [-0.2, 0) is 4.79 Å². The molecule has 3 N–H and O–H groups in total. The van der Waals surface area contributed by atoms with Crippen LogP contribution in [0, 0.1) is 29.0 Å². The smallest absolute Gasteiger partial charge is 0.211 e. The first-order valence-electron chi connectivity index (χ1n) is 11.5. The van der Waals surface area contributed by atoms with Crippen molar-refractivity contribution in [2.24, 2.45) is 11.3 Å². The second-order valence-corrected chi connectivity index (χ2v) is 9.29. The van der Waals surface area contributed by atoms with Crippen molar-refractivity contribution in [3.63, 3.8) is 0 Å². The van der Waals surface area contributed by atoms with E-state index in [2.05, 4.69) is 44.4 Å². The topological polar surface area (TPSA) is 90.4 Å². The highest BCUT2D eigenvalue weighted by atomic mass is 35.5. The summed E-state index contributed by atoms with van der Waals surface area (Å²) < 4.78 is 14.3. The third-order valence-corrected chi connectivity index (χ3v) is 6.59. The van der Waals surface area contributed by atoms with Crippen molar-refractivity contribution >= 4 is 46.1 Å². The summed E-state index contributed by atoms with van der Waals surface area (Å²) in [5.41, 5.74) is 2.14. The molecule has 0 spiro atoms. The molecule has 2 aromatic carbocycles. The number of benzene rings is 2. The molecule has 186 valence electrons. The van der Waals surface area contributed by atoms with Crippen LogP contribution in [-0.4, -0.2) is 53.1 Å². The van der Waals surface area contributed by atoms with Crippen molar-refractivity contribution in [2.75, 3.05) is 37.4 Å². The van der Waals surface area contributed by atoms with E-state index in [4.69, 9.17) is 16.7 Å². The Morgan fingerprint density at radius 1 is 1.33 bits per heavy atom. The Morgan fingerprint density at radius 2 is 2.17 bits per heavy atom. The van der Waals surface area contributed by atoms with Crippen LogP contribution in [0.1, 0.15) is 18.9 Å². The predicted molar refractivity (Wildman–Crippen MR) is 141 cm³/mol. The minimum Gasteiger partial charge on any atom is -0.392 e. The van der Waals surface area contributed by atoms with Crippen LogP contribution < -0.4 is 10.6 Å². The first-order valence-corrected chi connectivity index (χ1v) is 11.9. The highest BCUT2D eigenvalue weighted by Crippen LogP contribution is 2.56. The lowest BCUT2D eigenvalue weighted by Crippen LogP contribution is -2.19. The molecular formula is C27H27ClFN5O2. The predicted octanol–water partition coefficient (Wildman–Crippen LogP) is 4.59. The summed E-state index contributed by atoms with van der Waals surface area (Å²) in [6.07, 6.45) is 6.62. The van der Waals surface area contributed by atoms with Gasteiger partial charge in [-0.15, -0.1) is 0 Å². The maximum Gasteiger partial charge on any atom is 0.211 e. The molecular weight excluding hydrogens is 481 g/mol. The average molecular weight is 508 g/mol. The Hall–Kier alpha value is -3.51. The third kappa shape index (κ3) is 5.49. The Morgan fingerprint density at radius 3 is 2.83 bits per heavy atom. The van der Waals surface area contributed by atoms with Gasteiger partial charge >= 0.3 is 0 Å². The second-order valence-electron chi connectivity index (χ2n) is 8.88. The molecule has 2 unspecified atom stereocenters. The highest BCUT2D eigenvalue weighted by Gasteiger charge is 2.58. The number of halogens is 2. The molecule has 5 rings (SSSR count). The number of allylic oxidation sites excluding steroid dienone is 1. The number of carbonyl (C=O) groups is 1. The van der Waals surface area contributed by atoms with Crippen molar-refractivity contribution in [3.8, 4) is 11.8 Å². The van der Waals surface area contributed by atoms with Gasteiger partial charge in [0.1, 0.15) is 12.1 Å². The SMILES string of the molecule is C/C=C/CO.CN1CC2CC2(C#Cc2cc3ncnc(Nc4cccc(Cl)c4F)c3cc2NC=O)C1. The Kier molecular flexibility index (Phi) is 7.85. The van der Waals surface area contributed by atoms with Crippen molar-refractivity contribution in [2.45, 2.75) is 13.3 Å². The van der Waals surface area contributed by atoms with E-state index < -0.39 is 5.82 Å². The summed E-state index contributed by atoms with van der Waals surface area (Å²) >= 11 is 5.88. The van der Waals surface area contributed by atoms with Crippen LogP contribution in [0.5, 0.6) is 0 Å². The number of anilines is 3. The van der Waals surface area contributed by atoms with Gasteiger partial charge in [-0.25, -0.2) is 14.4 Å². The lowest BCUT2D eigenvalue weighted by molar-refractivity contribution is -0.105. The number of fused-ring (bicyclic) bond motifs is 2. The molecule has 2 aliphatic rings. The van der Waals surface area contributed by atoms with Crippen molar-refractivity contribution in [1.82, 2.24) is 14.9 Å². The summed E-state index contributed by atoms with van der Waals surface area (Å²) in [5, 5.41) is 14.3.